The van der Waals surface area contributed by atoms with E-state index >= 15 is 0 Å². The minimum absolute atomic E-state index is 0.324. The number of hydrogen-bond acceptors (Lipinski definition) is 2. The fourth-order valence-electron chi connectivity index (χ4n) is 2.26. The molecular formula is C15H18ClF2N3. The smallest absolute Gasteiger partial charge is 0.159 e. The van der Waals surface area contributed by atoms with E-state index in [9.17, 15) is 8.78 Å². The first-order valence-corrected chi connectivity index (χ1v) is 7.35. The van der Waals surface area contributed by atoms with Crippen LogP contribution in [0.15, 0.2) is 24.4 Å². The molecule has 0 saturated heterocycles. The maximum absolute atomic E-state index is 13.5. The minimum atomic E-state index is -0.866. The summed E-state index contributed by atoms with van der Waals surface area (Å²) in [5.41, 5.74) is 1.39. The quantitative estimate of drug-likeness (QED) is 0.876. The second-order valence-electron chi connectivity index (χ2n) is 4.75. The molecule has 1 aromatic heterocycles. The molecule has 2 aromatic rings. The molecule has 0 bridgehead atoms. The Balaban J connectivity index is 2.46. The number of halogens is 3. The SMILES string of the molecule is CCCNC(c1ccc(F)c(F)c1)c1c(Cl)cnn1CC. The molecule has 0 aliphatic heterocycles. The van der Waals surface area contributed by atoms with Gasteiger partial charge in [-0.3, -0.25) is 4.68 Å². The predicted molar refractivity (Wildman–Crippen MR) is 79.4 cm³/mol. The Kier molecular flexibility index (Phi) is 5.31. The highest BCUT2D eigenvalue weighted by molar-refractivity contribution is 6.31. The molecule has 0 spiro atoms. The van der Waals surface area contributed by atoms with Crippen LogP contribution in [0.3, 0.4) is 0 Å². The average Bonchev–Trinajstić information content (AvgIpc) is 2.84. The Morgan fingerprint density at radius 1 is 1.29 bits per heavy atom. The number of nitrogens with zero attached hydrogens (tertiary/aromatic N) is 2. The van der Waals surface area contributed by atoms with Crippen LogP contribution in [-0.4, -0.2) is 16.3 Å². The Morgan fingerprint density at radius 2 is 2.05 bits per heavy atom. The van der Waals surface area contributed by atoms with Crippen LogP contribution < -0.4 is 5.32 Å². The van der Waals surface area contributed by atoms with Gasteiger partial charge in [0.1, 0.15) is 0 Å². The molecule has 1 N–H and O–H groups in total. The summed E-state index contributed by atoms with van der Waals surface area (Å²) in [4.78, 5) is 0. The van der Waals surface area contributed by atoms with Crippen molar-refractivity contribution in [2.45, 2.75) is 32.9 Å². The molecule has 0 aliphatic carbocycles. The molecule has 0 fully saturated rings. The van der Waals surface area contributed by atoms with Crippen LogP contribution in [-0.2, 0) is 6.54 Å². The third-order valence-corrected chi connectivity index (χ3v) is 3.57. The van der Waals surface area contributed by atoms with Crippen molar-refractivity contribution in [2.75, 3.05) is 6.54 Å². The lowest BCUT2D eigenvalue weighted by molar-refractivity contribution is 0.497. The van der Waals surface area contributed by atoms with E-state index in [0.29, 0.717) is 17.1 Å². The third-order valence-electron chi connectivity index (χ3n) is 3.28. The van der Waals surface area contributed by atoms with Gasteiger partial charge in [-0.15, -0.1) is 0 Å². The zero-order valence-corrected chi connectivity index (χ0v) is 12.8. The van der Waals surface area contributed by atoms with Crippen LogP contribution in [0.2, 0.25) is 5.02 Å². The van der Waals surface area contributed by atoms with Gasteiger partial charge in [0.05, 0.1) is 23.0 Å². The number of benzene rings is 1. The van der Waals surface area contributed by atoms with Gasteiger partial charge in [0.2, 0.25) is 0 Å². The highest BCUT2D eigenvalue weighted by atomic mass is 35.5. The van der Waals surface area contributed by atoms with Gasteiger partial charge in [0.25, 0.3) is 0 Å². The van der Waals surface area contributed by atoms with Gasteiger partial charge in [0.15, 0.2) is 11.6 Å². The van der Waals surface area contributed by atoms with Gasteiger partial charge in [0, 0.05) is 6.54 Å². The second kappa shape index (κ2) is 7.00. The average molecular weight is 314 g/mol. The van der Waals surface area contributed by atoms with E-state index in [4.69, 9.17) is 11.6 Å². The molecule has 0 radical (unpaired) electrons. The summed E-state index contributed by atoms with van der Waals surface area (Å²) in [6, 6.07) is 3.57. The summed E-state index contributed by atoms with van der Waals surface area (Å²) in [5, 5.41) is 8.03. The normalized spacial score (nSPS) is 12.6. The van der Waals surface area contributed by atoms with Crippen LogP contribution >= 0.6 is 11.6 Å². The molecule has 1 aromatic carbocycles. The summed E-state index contributed by atoms with van der Waals surface area (Å²) in [6.07, 6.45) is 2.49. The largest absolute Gasteiger partial charge is 0.305 e. The van der Waals surface area contributed by atoms with E-state index in [1.807, 2.05) is 13.8 Å². The van der Waals surface area contributed by atoms with Gasteiger partial charge in [-0.1, -0.05) is 24.6 Å². The number of nitrogens with one attached hydrogen (secondary N) is 1. The third kappa shape index (κ3) is 3.41. The van der Waals surface area contributed by atoms with Crippen molar-refractivity contribution in [2.24, 2.45) is 0 Å². The van der Waals surface area contributed by atoms with Crippen molar-refractivity contribution in [3.05, 3.63) is 52.3 Å². The van der Waals surface area contributed by atoms with Crippen LogP contribution in [0.4, 0.5) is 8.78 Å². The first-order chi connectivity index (χ1) is 10.1. The molecule has 3 nitrogen and oxygen atoms in total. The molecule has 2 rings (SSSR count). The molecule has 0 aliphatic rings. The number of aryl methyl sites for hydroxylation is 1. The minimum Gasteiger partial charge on any atom is -0.305 e. The van der Waals surface area contributed by atoms with Crippen molar-refractivity contribution in [3.63, 3.8) is 0 Å². The Hall–Kier alpha value is -1.46. The number of hydrogen-bond donors (Lipinski definition) is 1. The standard InChI is InChI=1S/C15H18ClF2N3/c1-3-7-19-14(10-5-6-12(17)13(18)8-10)15-11(16)9-20-21(15)4-2/h5-6,8-9,14,19H,3-4,7H2,1-2H3. The van der Waals surface area contributed by atoms with Crippen molar-refractivity contribution in [1.29, 1.82) is 0 Å². The highest BCUT2D eigenvalue weighted by Crippen LogP contribution is 2.29. The fourth-order valence-corrected chi connectivity index (χ4v) is 2.51. The Labute approximate surface area is 127 Å². The van der Waals surface area contributed by atoms with Crippen LogP contribution in [0.25, 0.3) is 0 Å². The molecular weight excluding hydrogens is 296 g/mol. The van der Waals surface area contributed by atoms with E-state index in [0.717, 1.165) is 24.7 Å². The van der Waals surface area contributed by atoms with Gasteiger partial charge in [-0.05, 0) is 37.6 Å². The Morgan fingerprint density at radius 3 is 2.67 bits per heavy atom. The molecule has 6 heteroatoms. The predicted octanol–water partition coefficient (Wildman–Crippen LogP) is 3.92. The zero-order chi connectivity index (χ0) is 15.4. The highest BCUT2D eigenvalue weighted by Gasteiger charge is 2.22. The molecule has 0 amide bonds. The summed E-state index contributed by atoms with van der Waals surface area (Å²) < 4.78 is 28.4. The molecule has 1 atom stereocenters. The summed E-state index contributed by atoms with van der Waals surface area (Å²) >= 11 is 6.23. The van der Waals surface area contributed by atoms with Crippen molar-refractivity contribution in [1.82, 2.24) is 15.1 Å². The maximum atomic E-state index is 13.5. The Bertz CT molecular complexity index is 613. The van der Waals surface area contributed by atoms with E-state index in [1.54, 1.807) is 16.9 Å². The zero-order valence-electron chi connectivity index (χ0n) is 12.0. The molecule has 0 saturated carbocycles. The fraction of sp³-hybridized carbons (Fsp3) is 0.400. The number of rotatable bonds is 6. The van der Waals surface area contributed by atoms with E-state index in [1.165, 1.54) is 6.07 Å². The lowest BCUT2D eigenvalue weighted by atomic mass is 10.0. The summed E-state index contributed by atoms with van der Waals surface area (Å²) in [7, 11) is 0. The summed E-state index contributed by atoms with van der Waals surface area (Å²) in [5.74, 6) is -1.72. The van der Waals surface area contributed by atoms with Crippen LogP contribution in [0, 0.1) is 11.6 Å². The number of aromatic nitrogens is 2. The van der Waals surface area contributed by atoms with Gasteiger partial charge < -0.3 is 5.32 Å². The summed E-state index contributed by atoms with van der Waals surface area (Å²) in [6.45, 7) is 5.37. The van der Waals surface area contributed by atoms with E-state index in [-0.39, 0.29) is 6.04 Å². The van der Waals surface area contributed by atoms with Crippen molar-refractivity contribution >= 4 is 11.6 Å². The maximum Gasteiger partial charge on any atom is 0.159 e. The molecule has 1 unspecified atom stereocenters. The molecule has 1 heterocycles. The monoisotopic (exact) mass is 313 g/mol. The second-order valence-corrected chi connectivity index (χ2v) is 5.16. The van der Waals surface area contributed by atoms with Crippen molar-refractivity contribution < 1.29 is 8.78 Å². The first-order valence-electron chi connectivity index (χ1n) is 6.98. The van der Waals surface area contributed by atoms with Gasteiger partial charge >= 0.3 is 0 Å². The lowest BCUT2D eigenvalue weighted by Gasteiger charge is -2.21. The first kappa shape index (κ1) is 15.9. The van der Waals surface area contributed by atoms with Gasteiger partial charge in [-0.2, -0.15) is 5.10 Å². The van der Waals surface area contributed by atoms with Crippen molar-refractivity contribution in [3.8, 4) is 0 Å². The van der Waals surface area contributed by atoms with Crippen LogP contribution in [0.1, 0.15) is 37.6 Å². The lowest BCUT2D eigenvalue weighted by Crippen LogP contribution is -2.26. The van der Waals surface area contributed by atoms with Gasteiger partial charge in [-0.25, -0.2) is 8.78 Å². The topological polar surface area (TPSA) is 29.9 Å². The van der Waals surface area contributed by atoms with E-state index in [2.05, 4.69) is 10.4 Å². The van der Waals surface area contributed by atoms with Crippen LogP contribution in [0.5, 0.6) is 0 Å². The van der Waals surface area contributed by atoms with E-state index < -0.39 is 11.6 Å². The molecule has 21 heavy (non-hydrogen) atoms. The molecule has 114 valence electrons.